The zero-order chi connectivity index (χ0) is 8.97. The fraction of sp³-hybridized carbons (Fsp3) is 0.400. The molecule has 0 aromatic carbocycles. The van der Waals surface area contributed by atoms with Gasteiger partial charge in [-0.05, 0) is 0 Å². The Morgan fingerprint density at radius 3 is 2.33 bits per heavy atom. The third-order valence-electron chi connectivity index (χ3n) is 0.955. The van der Waals surface area contributed by atoms with Crippen molar-refractivity contribution in [2.45, 2.75) is 5.16 Å². The second-order valence-electron chi connectivity index (χ2n) is 1.89. The smallest absolute Gasteiger partial charge is 0.225 e. The number of nitrogens with zero attached hydrogens (tertiary/aromatic N) is 3. The summed E-state index contributed by atoms with van der Waals surface area (Å²) in [4.78, 5) is 11.3. The number of aromatic nitrogens is 3. The number of thioether (sulfide) groups is 1. The van der Waals surface area contributed by atoms with Crippen molar-refractivity contribution in [1.82, 2.24) is 15.0 Å². The Morgan fingerprint density at radius 2 is 1.83 bits per heavy atom. The van der Waals surface area contributed by atoms with E-state index in [2.05, 4.69) is 15.0 Å². The van der Waals surface area contributed by atoms with E-state index in [9.17, 15) is 0 Å². The van der Waals surface area contributed by atoms with E-state index in [0.29, 0.717) is 11.1 Å². The van der Waals surface area contributed by atoms with Crippen molar-refractivity contribution < 1.29 is 4.74 Å². The van der Waals surface area contributed by atoms with Crippen LogP contribution in [-0.4, -0.2) is 28.0 Å². The lowest BCUT2D eigenvalue weighted by atomic mass is 10.9. The minimum Gasteiger partial charge on any atom is -0.374 e. The molecule has 6 nitrogen and oxygen atoms in total. The number of nitrogens with two attached hydrogens (primary N) is 2. The van der Waals surface area contributed by atoms with Crippen LogP contribution in [0.5, 0.6) is 0 Å². The van der Waals surface area contributed by atoms with Crippen LogP contribution in [-0.2, 0) is 4.74 Å². The molecule has 1 heterocycles. The lowest BCUT2D eigenvalue weighted by Gasteiger charge is -1.99. The number of hydrogen-bond donors (Lipinski definition) is 2. The molecule has 0 unspecified atom stereocenters. The number of hydrogen-bond acceptors (Lipinski definition) is 7. The second kappa shape index (κ2) is 4.07. The van der Waals surface area contributed by atoms with Crippen LogP contribution in [0.1, 0.15) is 0 Å². The van der Waals surface area contributed by atoms with Gasteiger partial charge in [-0.3, -0.25) is 0 Å². The molecule has 7 heteroatoms. The van der Waals surface area contributed by atoms with E-state index in [-0.39, 0.29) is 11.9 Å². The minimum atomic E-state index is 0.126. The zero-order valence-electron chi connectivity index (χ0n) is 6.52. The Kier molecular flexibility index (Phi) is 3.06. The lowest BCUT2D eigenvalue weighted by Crippen LogP contribution is -2.03. The first-order valence-corrected chi connectivity index (χ1v) is 4.09. The van der Waals surface area contributed by atoms with Gasteiger partial charge in [-0.15, -0.1) is 0 Å². The van der Waals surface area contributed by atoms with Crippen LogP contribution in [0, 0.1) is 0 Å². The molecule has 0 spiro atoms. The van der Waals surface area contributed by atoms with Gasteiger partial charge in [0, 0.05) is 7.11 Å². The maximum Gasteiger partial charge on any atom is 0.225 e. The summed E-state index contributed by atoms with van der Waals surface area (Å²) in [5, 5.41) is 0.474. The van der Waals surface area contributed by atoms with Crippen LogP contribution in [0.25, 0.3) is 0 Å². The molecule has 1 aromatic rings. The fourth-order valence-corrected chi connectivity index (χ4v) is 1.10. The normalized spacial score (nSPS) is 10.1. The SMILES string of the molecule is COCSc1nc(N)nc(N)n1. The average molecular weight is 187 g/mol. The molecule has 0 aliphatic heterocycles. The number of rotatable bonds is 3. The summed E-state index contributed by atoms with van der Waals surface area (Å²) in [6.45, 7) is 0. The summed E-state index contributed by atoms with van der Waals surface area (Å²) >= 11 is 1.30. The molecule has 0 fully saturated rings. The topological polar surface area (TPSA) is 99.9 Å². The van der Waals surface area contributed by atoms with Crippen LogP contribution >= 0.6 is 11.8 Å². The molecule has 0 saturated carbocycles. The van der Waals surface area contributed by atoms with Gasteiger partial charge in [0.15, 0.2) is 5.16 Å². The van der Waals surface area contributed by atoms with E-state index in [1.54, 1.807) is 7.11 Å². The fourth-order valence-electron chi connectivity index (χ4n) is 0.565. The van der Waals surface area contributed by atoms with Gasteiger partial charge in [0.1, 0.15) is 0 Å². The van der Waals surface area contributed by atoms with Gasteiger partial charge in [-0.1, -0.05) is 11.8 Å². The summed E-state index contributed by atoms with van der Waals surface area (Å²) in [7, 11) is 1.58. The van der Waals surface area contributed by atoms with E-state index in [4.69, 9.17) is 16.2 Å². The first-order chi connectivity index (χ1) is 5.72. The highest BCUT2D eigenvalue weighted by Gasteiger charge is 2.00. The van der Waals surface area contributed by atoms with Gasteiger partial charge in [-0.25, -0.2) is 0 Å². The molecule has 12 heavy (non-hydrogen) atoms. The maximum atomic E-state index is 5.33. The maximum absolute atomic E-state index is 5.33. The summed E-state index contributed by atoms with van der Waals surface area (Å²) in [6, 6.07) is 0. The first kappa shape index (κ1) is 9.01. The molecule has 4 N–H and O–H groups in total. The van der Waals surface area contributed by atoms with Crippen LogP contribution in [0.4, 0.5) is 11.9 Å². The van der Waals surface area contributed by atoms with E-state index in [1.807, 2.05) is 0 Å². The average Bonchev–Trinajstić information content (AvgIpc) is 1.99. The van der Waals surface area contributed by atoms with Gasteiger partial charge in [0.25, 0.3) is 0 Å². The largest absolute Gasteiger partial charge is 0.374 e. The molecule has 0 aliphatic rings. The standard InChI is InChI=1S/C5H9N5OS/c1-11-2-12-5-9-3(6)8-4(7)10-5/h2H2,1H3,(H4,6,7,8,9,10). The molecule has 0 aliphatic carbocycles. The Labute approximate surface area is 73.7 Å². The number of anilines is 2. The van der Waals surface area contributed by atoms with Crippen LogP contribution in [0.2, 0.25) is 0 Å². The molecular weight excluding hydrogens is 178 g/mol. The summed E-state index contributed by atoms with van der Waals surface area (Å²) in [5.41, 5.74) is 10.7. The van der Waals surface area contributed by atoms with E-state index in [0.717, 1.165) is 0 Å². The highest BCUT2D eigenvalue weighted by molar-refractivity contribution is 7.99. The highest BCUT2D eigenvalue weighted by Crippen LogP contribution is 2.13. The van der Waals surface area contributed by atoms with Gasteiger partial charge in [-0.2, -0.15) is 15.0 Å². The van der Waals surface area contributed by atoms with Gasteiger partial charge < -0.3 is 16.2 Å². The van der Waals surface area contributed by atoms with Crippen LogP contribution in [0.15, 0.2) is 5.16 Å². The van der Waals surface area contributed by atoms with Crippen molar-refractivity contribution in [3.05, 3.63) is 0 Å². The van der Waals surface area contributed by atoms with Crippen molar-refractivity contribution in [1.29, 1.82) is 0 Å². The van der Waals surface area contributed by atoms with Gasteiger partial charge in [0.2, 0.25) is 11.9 Å². The monoisotopic (exact) mass is 187 g/mol. The molecule has 1 rings (SSSR count). The highest BCUT2D eigenvalue weighted by atomic mass is 32.2. The number of methoxy groups -OCH3 is 1. The minimum absolute atomic E-state index is 0.126. The Morgan fingerprint density at radius 1 is 1.25 bits per heavy atom. The van der Waals surface area contributed by atoms with E-state index < -0.39 is 0 Å². The summed E-state index contributed by atoms with van der Waals surface area (Å²) < 4.78 is 4.81. The molecule has 0 saturated heterocycles. The molecule has 66 valence electrons. The van der Waals surface area contributed by atoms with Crippen molar-refractivity contribution in [3.8, 4) is 0 Å². The van der Waals surface area contributed by atoms with Crippen molar-refractivity contribution in [2.75, 3.05) is 24.5 Å². The molecule has 0 amide bonds. The van der Waals surface area contributed by atoms with E-state index >= 15 is 0 Å². The van der Waals surface area contributed by atoms with Crippen molar-refractivity contribution in [3.63, 3.8) is 0 Å². The summed E-state index contributed by atoms with van der Waals surface area (Å²) in [6.07, 6.45) is 0. The zero-order valence-corrected chi connectivity index (χ0v) is 7.34. The third kappa shape index (κ3) is 2.51. The quantitative estimate of drug-likeness (QED) is 0.496. The second-order valence-corrected chi connectivity index (χ2v) is 2.77. The number of nitrogen functional groups attached to an aromatic ring is 2. The molecule has 0 atom stereocenters. The Hall–Kier alpha value is -1.08. The molecule has 0 bridgehead atoms. The number of ether oxygens (including phenoxy) is 1. The Balaban J connectivity index is 2.72. The van der Waals surface area contributed by atoms with Crippen molar-refractivity contribution in [2.24, 2.45) is 0 Å². The lowest BCUT2D eigenvalue weighted by molar-refractivity contribution is 0.258. The first-order valence-electron chi connectivity index (χ1n) is 3.11. The van der Waals surface area contributed by atoms with E-state index in [1.165, 1.54) is 11.8 Å². The van der Waals surface area contributed by atoms with Gasteiger partial charge >= 0.3 is 0 Å². The van der Waals surface area contributed by atoms with Crippen LogP contribution < -0.4 is 11.5 Å². The predicted molar refractivity (Wildman–Crippen MR) is 46.4 cm³/mol. The predicted octanol–water partition coefficient (Wildman–Crippen LogP) is -0.268. The van der Waals surface area contributed by atoms with Gasteiger partial charge in [0.05, 0.1) is 5.94 Å². The van der Waals surface area contributed by atoms with Crippen molar-refractivity contribution >= 4 is 23.7 Å². The third-order valence-corrected chi connectivity index (χ3v) is 1.75. The summed E-state index contributed by atoms with van der Waals surface area (Å²) in [5.74, 6) is 0.713. The molecule has 1 aromatic heterocycles. The molecule has 0 radical (unpaired) electrons. The molecular formula is C5H9N5OS. The van der Waals surface area contributed by atoms with Crippen LogP contribution in [0.3, 0.4) is 0 Å². The Bertz CT molecular complexity index is 248.